The van der Waals surface area contributed by atoms with Gasteiger partial charge in [-0.15, -0.1) is 0 Å². The molecule has 0 aromatic rings. The Morgan fingerprint density at radius 3 is 1.42 bits per heavy atom. The smallest absolute Gasteiger partial charge is 0.336 e. The van der Waals surface area contributed by atoms with Crippen LogP contribution in [0.1, 0.15) is 62.3 Å². The normalized spacial score (nSPS) is 25.7. The van der Waals surface area contributed by atoms with Crippen LogP contribution in [0.3, 0.4) is 0 Å². The summed E-state index contributed by atoms with van der Waals surface area (Å²) < 4.78 is 38.1. The average Bonchev–Trinajstić information content (AvgIpc) is 2.98. The van der Waals surface area contributed by atoms with Crippen molar-refractivity contribution in [3.8, 4) is 0 Å². The minimum Gasteiger partial charge on any atom is -0.467 e. The molecule has 36 heavy (non-hydrogen) atoms. The molecular weight excluding hydrogens is 509 g/mol. The summed E-state index contributed by atoms with van der Waals surface area (Å²) in [4.78, 5) is 13.2. The first kappa shape index (κ1) is 33.9. The molecule has 0 spiro atoms. The maximum absolute atomic E-state index is 13.2. The van der Waals surface area contributed by atoms with Gasteiger partial charge in [0.05, 0.1) is 7.11 Å². The van der Waals surface area contributed by atoms with Crippen LogP contribution in [-0.4, -0.2) is 75.8 Å². The Morgan fingerprint density at radius 1 is 0.694 bits per heavy atom. The molecule has 1 saturated heterocycles. The van der Waals surface area contributed by atoms with Gasteiger partial charge in [-0.1, -0.05) is 62.3 Å². The highest BCUT2D eigenvalue weighted by molar-refractivity contribution is 6.75. The Hall–Kier alpha value is -0.0794. The van der Waals surface area contributed by atoms with Crippen molar-refractivity contribution in [3.05, 3.63) is 0 Å². The first-order valence-corrected chi connectivity index (χ1v) is 21.8. The van der Waals surface area contributed by atoms with Gasteiger partial charge in [0.2, 0.25) is 0 Å². The van der Waals surface area contributed by atoms with Crippen molar-refractivity contribution in [2.24, 2.45) is 0 Å². The Balaban J connectivity index is 3.67. The van der Waals surface area contributed by atoms with Gasteiger partial charge < -0.3 is 27.5 Å². The molecule has 1 heterocycles. The zero-order valence-corrected chi connectivity index (χ0v) is 29.2. The van der Waals surface area contributed by atoms with Gasteiger partial charge in [-0.2, -0.15) is 0 Å². The number of ether oxygens (including phenoxy) is 3. The molecule has 1 aliphatic rings. The van der Waals surface area contributed by atoms with Crippen molar-refractivity contribution in [1.29, 1.82) is 0 Å². The van der Waals surface area contributed by atoms with E-state index in [2.05, 4.69) is 102 Å². The van der Waals surface area contributed by atoms with Gasteiger partial charge in [-0.25, -0.2) is 4.79 Å². The van der Waals surface area contributed by atoms with Crippen molar-refractivity contribution in [2.75, 3.05) is 14.2 Å². The lowest BCUT2D eigenvalue weighted by Crippen LogP contribution is -2.58. The van der Waals surface area contributed by atoms with E-state index in [1.54, 1.807) is 7.11 Å². The molecule has 10 heteroatoms. The highest BCUT2D eigenvalue weighted by atomic mass is 28.4. The molecule has 0 N–H and O–H groups in total. The zero-order chi connectivity index (χ0) is 28.7. The van der Waals surface area contributed by atoms with Crippen LogP contribution in [0, 0.1) is 0 Å². The Morgan fingerprint density at radius 2 is 1.08 bits per heavy atom. The van der Waals surface area contributed by atoms with Gasteiger partial charge in [-0.05, 0) is 54.4 Å². The summed E-state index contributed by atoms with van der Waals surface area (Å²) in [6.45, 7) is 32.7. The standard InChI is InChI=1S/C26H56O7Si3/c1-24(2,3)34(12,13)31-19-18(20(22(27)28-10)32-35(14,15)25(4,5)6)30-23(29-11)21(19)33-36(16,17)26(7,8)9/h18-21,23H,1-17H3/t18-,19+,20+,21-,23-/m1/s1. The van der Waals surface area contributed by atoms with E-state index in [0.29, 0.717) is 0 Å². The molecule has 214 valence electrons. The first-order valence-electron chi connectivity index (χ1n) is 13.1. The summed E-state index contributed by atoms with van der Waals surface area (Å²) in [7, 11) is -3.91. The molecule has 0 saturated carbocycles. The first-order chi connectivity index (χ1) is 15.8. The molecule has 0 unspecified atom stereocenters. The number of hydrogen-bond acceptors (Lipinski definition) is 7. The van der Waals surface area contributed by atoms with Crippen molar-refractivity contribution < 1.29 is 32.3 Å². The molecule has 5 atom stereocenters. The molecule has 0 bridgehead atoms. The third kappa shape index (κ3) is 7.52. The number of rotatable bonds is 9. The van der Waals surface area contributed by atoms with Crippen molar-refractivity contribution in [2.45, 2.75) is 147 Å². The van der Waals surface area contributed by atoms with Crippen LogP contribution < -0.4 is 0 Å². The molecule has 0 aliphatic carbocycles. The van der Waals surface area contributed by atoms with Gasteiger partial charge in [0.1, 0.15) is 18.3 Å². The van der Waals surface area contributed by atoms with Crippen LogP contribution in [0.15, 0.2) is 0 Å². The Bertz CT molecular complexity index is 748. The number of carbonyl (C=O) groups excluding carboxylic acids is 1. The van der Waals surface area contributed by atoms with E-state index in [0.717, 1.165) is 0 Å². The van der Waals surface area contributed by atoms with Gasteiger partial charge in [0.25, 0.3) is 0 Å². The van der Waals surface area contributed by atoms with Crippen LogP contribution in [0.4, 0.5) is 0 Å². The van der Waals surface area contributed by atoms with E-state index >= 15 is 0 Å². The second kappa shape index (κ2) is 11.2. The molecule has 1 fully saturated rings. The predicted octanol–water partition coefficient (Wildman–Crippen LogP) is 6.70. The van der Waals surface area contributed by atoms with Crippen molar-refractivity contribution >= 4 is 30.9 Å². The second-order valence-electron chi connectivity index (χ2n) is 14.7. The molecule has 0 aromatic heterocycles. The van der Waals surface area contributed by atoms with Crippen LogP contribution in [0.25, 0.3) is 0 Å². The maximum atomic E-state index is 13.2. The summed E-state index contributed by atoms with van der Waals surface area (Å²) in [6, 6.07) is 0. The number of esters is 1. The van der Waals surface area contributed by atoms with E-state index in [-0.39, 0.29) is 15.1 Å². The average molecular weight is 565 g/mol. The monoisotopic (exact) mass is 564 g/mol. The van der Waals surface area contributed by atoms with Crippen LogP contribution >= 0.6 is 0 Å². The van der Waals surface area contributed by atoms with E-state index in [4.69, 9.17) is 27.5 Å². The van der Waals surface area contributed by atoms with Gasteiger partial charge >= 0.3 is 5.97 Å². The zero-order valence-electron chi connectivity index (χ0n) is 26.2. The van der Waals surface area contributed by atoms with Crippen LogP contribution in [0.2, 0.25) is 54.4 Å². The molecule has 0 amide bonds. The molecule has 1 aliphatic heterocycles. The third-order valence-corrected chi connectivity index (χ3v) is 22.3. The minimum absolute atomic E-state index is 0.0235. The third-order valence-electron chi connectivity index (χ3n) is 8.87. The summed E-state index contributed by atoms with van der Waals surface area (Å²) in [6.07, 6.45) is -3.39. The Kier molecular flexibility index (Phi) is 10.6. The fraction of sp³-hybridized carbons (Fsp3) is 0.962. The quantitative estimate of drug-likeness (QED) is 0.228. The number of carbonyl (C=O) groups is 1. The summed E-state index contributed by atoms with van der Waals surface area (Å²) in [5.74, 6) is -0.462. The maximum Gasteiger partial charge on any atom is 0.336 e. The lowest BCUT2D eigenvalue weighted by Gasteiger charge is -2.45. The number of methoxy groups -OCH3 is 2. The molecule has 1 rings (SSSR count). The van der Waals surface area contributed by atoms with Crippen molar-refractivity contribution in [1.82, 2.24) is 0 Å². The van der Waals surface area contributed by atoms with Crippen molar-refractivity contribution in [3.63, 3.8) is 0 Å². The SMILES string of the molecule is COC(=O)[C@@H](O[Si](C)(C)C(C)(C)C)[C@@H]1O[C@@H](OC)[C@H](O[Si](C)(C)C(C)(C)C)[C@H]1O[Si](C)(C)C(C)(C)C. The molecule has 7 nitrogen and oxygen atoms in total. The number of hydrogen-bond donors (Lipinski definition) is 0. The molecule has 0 aromatic carbocycles. The van der Waals surface area contributed by atoms with Gasteiger partial charge in [0.15, 0.2) is 37.3 Å². The highest BCUT2D eigenvalue weighted by Gasteiger charge is 2.58. The van der Waals surface area contributed by atoms with Crippen LogP contribution in [-0.2, 0) is 32.3 Å². The fourth-order valence-electron chi connectivity index (χ4n) is 3.24. The highest BCUT2D eigenvalue weighted by Crippen LogP contribution is 2.45. The summed E-state index contributed by atoms with van der Waals surface area (Å²) in [5, 5.41) is -0.180. The summed E-state index contributed by atoms with van der Waals surface area (Å²) in [5.41, 5.74) is 0. The lowest BCUT2D eigenvalue weighted by atomic mass is 10.1. The Labute approximate surface area is 224 Å². The van der Waals surface area contributed by atoms with Gasteiger partial charge in [0, 0.05) is 7.11 Å². The van der Waals surface area contributed by atoms with E-state index < -0.39 is 61.6 Å². The van der Waals surface area contributed by atoms with Crippen LogP contribution in [0.5, 0.6) is 0 Å². The minimum atomic E-state index is -2.37. The fourth-order valence-corrected chi connectivity index (χ4v) is 7.04. The molecule has 0 radical (unpaired) electrons. The lowest BCUT2D eigenvalue weighted by molar-refractivity contribution is -0.176. The largest absolute Gasteiger partial charge is 0.467 e. The second-order valence-corrected chi connectivity index (χ2v) is 29.0. The van der Waals surface area contributed by atoms with E-state index in [9.17, 15) is 4.79 Å². The predicted molar refractivity (Wildman–Crippen MR) is 154 cm³/mol. The van der Waals surface area contributed by atoms with E-state index in [1.807, 2.05) is 0 Å². The van der Waals surface area contributed by atoms with E-state index in [1.165, 1.54) is 7.11 Å². The van der Waals surface area contributed by atoms with Gasteiger partial charge in [-0.3, -0.25) is 0 Å². The topological polar surface area (TPSA) is 72.5 Å². The molecular formula is C26H56O7Si3. The summed E-state index contributed by atoms with van der Waals surface area (Å²) >= 11 is 0.